The molecule has 4 N–H and O–H groups in total. The molecule has 0 heterocycles. The molecule has 0 fully saturated rings. The van der Waals surface area contributed by atoms with Crippen molar-refractivity contribution < 1.29 is 0 Å². The van der Waals surface area contributed by atoms with E-state index in [0.29, 0.717) is 6.54 Å². The maximum Gasteiger partial charge on any atom is 0.0390 e. The van der Waals surface area contributed by atoms with E-state index in [-0.39, 0.29) is 0 Å². The van der Waals surface area contributed by atoms with Crippen molar-refractivity contribution in [2.24, 2.45) is 5.73 Å². The van der Waals surface area contributed by atoms with Gasteiger partial charge in [0.1, 0.15) is 0 Å². The van der Waals surface area contributed by atoms with E-state index in [1.165, 1.54) is 5.56 Å². The first-order valence-corrected chi connectivity index (χ1v) is 3.97. The van der Waals surface area contributed by atoms with Crippen LogP contribution in [0.4, 0.5) is 5.69 Å². The molecule has 0 aliphatic rings. The number of rotatable bonds is 2. The lowest BCUT2D eigenvalue weighted by Crippen LogP contribution is -1.95. The highest BCUT2D eigenvalue weighted by atomic mass is 14.6. The molecule has 2 nitrogen and oxygen atoms in total. The number of nitrogens with two attached hydrogens (primary N) is 2. The highest BCUT2D eigenvalue weighted by molar-refractivity contribution is 5.67. The van der Waals surface area contributed by atoms with E-state index in [4.69, 9.17) is 11.5 Å². The fourth-order valence-electron chi connectivity index (χ4n) is 1.12. The zero-order valence-corrected chi connectivity index (χ0v) is 7.25. The molecule has 0 aliphatic carbocycles. The minimum Gasteiger partial charge on any atom is -0.398 e. The molecule has 1 aromatic rings. The van der Waals surface area contributed by atoms with Gasteiger partial charge in [-0.1, -0.05) is 24.3 Å². The lowest BCUT2D eigenvalue weighted by Gasteiger charge is -2.03. The summed E-state index contributed by atoms with van der Waals surface area (Å²) < 4.78 is 0. The van der Waals surface area contributed by atoms with E-state index in [1.54, 1.807) is 0 Å². The summed E-state index contributed by atoms with van der Waals surface area (Å²) >= 11 is 0. The zero-order valence-electron chi connectivity index (χ0n) is 7.25. The molecule has 12 heavy (non-hydrogen) atoms. The average Bonchev–Trinajstić information content (AvgIpc) is 2.04. The van der Waals surface area contributed by atoms with Gasteiger partial charge in [-0.05, 0) is 18.6 Å². The van der Waals surface area contributed by atoms with Crippen LogP contribution in [0.15, 0.2) is 24.3 Å². The van der Waals surface area contributed by atoms with Crippen LogP contribution in [-0.4, -0.2) is 6.54 Å². The summed E-state index contributed by atoms with van der Waals surface area (Å²) in [4.78, 5) is 0. The van der Waals surface area contributed by atoms with Crippen LogP contribution in [0.1, 0.15) is 11.1 Å². The summed E-state index contributed by atoms with van der Waals surface area (Å²) in [6.45, 7) is 2.58. The number of benzene rings is 1. The quantitative estimate of drug-likeness (QED) is 0.648. The number of anilines is 1. The molecular formula is C10H14N2. The van der Waals surface area contributed by atoms with Crippen LogP contribution < -0.4 is 11.5 Å². The van der Waals surface area contributed by atoms with Crippen LogP contribution in [0.5, 0.6) is 0 Å². The van der Waals surface area contributed by atoms with Crippen molar-refractivity contribution in [3.05, 3.63) is 35.4 Å². The van der Waals surface area contributed by atoms with Gasteiger partial charge in [-0.3, -0.25) is 0 Å². The van der Waals surface area contributed by atoms with Crippen LogP contribution in [0.2, 0.25) is 0 Å². The molecule has 0 aliphatic heterocycles. The lowest BCUT2D eigenvalue weighted by molar-refractivity contribution is 1.26. The van der Waals surface area contributed by atoms with Crippen molar-refractivity contribution >= 4 is 11.8 Å². The fraction of sp³-hybridized carbons (Fsp3) is 0.200. The van der Waals surface area contributed by atoms with Gasteiger partial charge in [0, 0.05) is 17.8 Å². The molecule has 0 saturated heterocycles. The second-order valence-corrected chi connectivity index (χ2v) is 2.72. The molecule has 0 bridgehead atoms. The van der Waals surface area contributed by atoms with Gasteiger partial charge in [-0.15, -0.1) is 0 Å². The van der Waals surface area contributed by atoms with E-state index in [1.807, 2.05) is 37.3 Å². The van der Waals surface area contributed by atoms with Crippen LogP contribution in [0.3, 0.4) is 0 Å². The van der Waals surface area contributed by atoms with E-state index in [0.717, 1.165) is 11.3 Å². The Morgan fingerprint density at radius 3 is 2.75 bits per heavy atom. The maximum atomic E-state index is 5.77. The number of nitrogen functional groups attached to an aromatic ring is 1. The predicted molar refractivity (Wildman–Crippen MR) is 53.7 cm³/mol. The molecule has 0 aromatic heterocycles. The number of aryl methyl sites for hydroxylation is 1. The van der Waals surface area contributed by atoms with Gasteiger partial charge in [-0.25, -0.2) is 0 Å². The first kappa shape index (κ1) is 8.81. The van der Waals surface area contributed by atoms with E-state index in [9.17, 15) is 0 Å². The van der Waals surface area contributed by atoms with Gasteiger partial charge < -0.3 is 11.5 Å². The SMILES string of the molecule is Cc1cccc(N)c1C=CCN. The zero-order chi connectivity index (χ0) is 8.97. The monoisotopic (exact) mass is 162 g/mol. The number of hydrogen-bond donors (Lipinski definition) is 2. The van der Waals surface area contributed by atoms with E-state index >= 15 is 0 Å². The van der Waals surface area contributed by atoms with Crippen molar-refractivity contribution in [3.63, 3.8) is 0 Å². The number of hydrogen-bond acceptors (Lipinski definition) is 2. The Kier molecular flexibility index (Phi) is 2.88. The minimum absolute atomic E-state index is 0.549. The first-order chi connectivity index (χ1) is 5.75. The highest BCUT2D eigenvalue weighted by Crippen LogP contribution is 2.17. The second-order valence-electron chi connectivity index (χ2n) is 2.72. The molecule has 0 radical (unpaired) electrons. The summed E-state index contributed by atoms with van der Waals surface area (Å²) in [5.74, 6) is 0. The summed E-state index contributed by atoms with van der Waals surface area (Å²) in [5.41, 5.74) is 14.2. The Labute approximate surface area is 72.9 Å². The first-order valence-electron chi connectivity index (χ1n) is 3.97. The Morgan fingerprint density at radius 1 is 1.42 bits per heavy atom. The molecule has 0 saturated carbocycles. The third-order valence-electron chi connectivity index (χ3n) is 1.78. The van der Waals surface area contributed by atoms with Gasteiger partial charge in [-0.2, -0.15) is 0 Å². The van der Waals surface area contributed by atoms with Gasteiger partial charge >= 0.3 is 0 Å². The smallest absolute Gasteiger partial charge is 0.0390 e. The van der Waals surface area contributed by atoms with Gasteiger partial charge in [0.15, 0.2) is 0 Å². The minimum atomic E-state index is 0.549. The van der Waals surface area contributed by atoms with Crippen molar-refractivity contribution in [2.45, 2.75) is 6.92 Å². The summed E-state index contributed by atoms with van der Waals surface area (Å²) in [6, 6.07) is 5.88. The molecule has 2 heteroatoms. The van der Waals surface area contributed by atoms with Crippen LogP contribution >= 0.6 is 0 Å². The largest absolute Gasteiger partial charge is 0.398 e. The molecule has 1 aromatic carbocycles. The Balaban J connectivity index is 3.04. The second kappa shape index (κ2) is 3.93. The molecular weight excluding hydrogens is 148 g/mol. The predicted octanol–water partition coefficient (Wildman–Crippen LogP) is 1.55. The third-order valence-corrected chi connectivity index (χ3v) is 1.78. The molecule has 0 atom stereocenters. The highest BCUT2D eigenvalue weighted by Gasteiger charge is 1.96. The standard InChI is InChI=1S/C10H14N2/c1-8-4-2-6-10(12)9(8)5-3-7-11/h2-6H,7,11-12H2,1H3. The normalized spacial score (nSPS) is 10.8. The molecule has 1 rings (SSSR count). The van der Waals surface area contributed by atoms with Gasteiger partial charge in [0.25, 0.3) is 0 Å². The maximum absolute atomic E-state index is 5.77. The lowest BCUT2D eigenvalue weighted by atomic mass is 10.1. The van der Waals surface area contributed by atoms with Crippen molar-refractivity contribution in [2.75, 3.05) is 12.3 Å². The van der Waals surface area contributed by atoms with Gasteiger partial charge in [0.2, 0.25) is 0 Å². The average molecular weight is 162 g/mol. The molecule has 0 amide bonds. The Morgan fingerprint density at radius 2 is 2.17 bits per heavy atom. The van der Waals surface area contributed by atoms with Crippen molar-refractivity contribution in [3.8, 4) is 0 Å². The Hall–Kier alpha value is -1.28. The summed E-state index contributed by atoms with van der Waals surface area (Å²) in [5, 5.41) is 0. The van der Waals surface area contributed by atoms with Crippen molar-refractivity contribution in [1.82, 2.24) is 0 Å². The molecule has 64 valence electrons. The van der Waals surface area contributed by atoms with Gasteiger partial charge in [0.05, 0.1) is 0 Å². The van der Waals surface area contributed by atoms with Crippen molar-refractivity contribution in [1.29, 1.82) is 0 Å². The topological polar surface area (TPSA) is 52.0 Å². The van der Waals surface area contributed by atoms with E-state index in [2.05, 4.69) is 0 Å². The fourth-order valence-corrected chi connectivity index (χ4v) is 1.12. The van der Waals surface area contributed by atoms with Crippen LogP contribution in [-0.2, 0) is 0 Å². The van der Waals surface area contributed by atoms with Crippen LogP contribution in [0, 0.1) is 6.92 Å². The summed E-state index contributed by atoms with van der Waals surface area (Å²) in [6.07, 6.45) is 3.86. The summed E-state index contributed by atoms with van der Waals surface area (Å²) in [7, 11) is 0. The van der Waals surface area contributed by atoms with E-state index < -0.39 is 0 Å². The molecule has 0 unspecified atom stereocenters. The third kappa shape index (κ3) is 1.86. The van der Waals surface area contributed by atoms with Crippen LogP contribution in [0.25, 0.3) is 6.08 Å². The Bertz CT molecular complexity index is 270. The molecule has 0 spiro atoms.